The molecule has 0 spiro atoms. The van der Waals surface area contributed by atoms with E-state index >= 15 is 0 Å². The Morgan fingerprint density at radius 3 is 2.53 bits per heavy atom. The second-order valence-electron chi connectivity index (χ2n) is 5.31. The normalized spacial score (nSPS) is 22.0. The Hall–Kier alpha value is -0.170. The first-order chi connectivity index (χ1) is 9.03. The van der Waals surface area contributed by atoms with Gasteiger partial charge >= 0.3 is 0 Å². The van der Waals surface area contributed by atoms with E-state index in [2.05, 4.69) is 17.0 Å². The Bertz CT molecular complexity index is 342. The number of nitrogens with one attached hydrogen (secondary N) is 2. The molecule has 1 unspecified atom stereocenters. The largest absolute Gasteiger partial charge is 0.317 e. The van der Waals surface area contributed by atoms with Crippen LogP contribution in [0.25, 0.3) is 0 Å². The highest BCUT2D eigenvalue weighted by Crippen LogP contribution is 2.18. The van der Waals surface area contributed by atoms with Gasteiger partial charge < -0.3 is 5.32 Å². The van der Waals surface area contributed by atoms with Crippen LogP contribution in [0.2, 0.25) is 0 Å². The van der Waals surface area contributed by atoms with Crippen LogP contribution < -0.4 is 10.0 Å². The monoisotopic (exact) mass is 291 g/mol. The molecule has 19 heavy (non-hydrogen) atoms. The van der Waals surface area contributed by atoms with Crippen LogP contribution in [-0.2, 0) is 10.2 Å². The molecule has 0 amide bonds. The lowest BCUT2D eigenvalue weighted by atomic mass is 10.00. The molecule has 0 aromatic rings. The smallest absolute Gasteiger partial charge is 0.279 e. The number of hydrogen-bond donors (Lipinski definition) is 2. The summed E-state index contributed by atoms with van der Waals surface area (Å²) in [4.78, 5) is 0. The third kappa shape index (κ3) is 5.38. The van der Waals surface area contributed by atoms with Gasteiger partial charge in [-0.25, -0.2) is 0 Å². The molecule has 0 bridgehead atoms. The Morgan fingerprint density at radius 2 is 1.95 bits per heavy atom. The number of nitrogens with zero attached hydrogens (tertiary/aromatic N) is 1. The molecular formula is C13H29N3O2S. The molecule has 0 aromatic heterocycles. The van der Waals surface area contributed by atoms with Crippen LogP contribution in [0, 0.1) is 5.92 Å². The maximum atomic E-state index is 12.3. The van der Waals surface area contributed by atoms with Gasteiger partial charge in [0.15, 0.2) is 0 Å². The first-order valence-corrected chi connectivity index (χ1v) is 8.95. The van der Waals surface area contributed by atoms with Crippen LogP contribution in [-0.4, -0.2) is 44.9 Å². The quantitative estimate of drug-likeness (QED) is 0.709. The van der Waals surface area contributed by atoms with Gasteiger partial charge in [0.1, 0.15) is 0 Å². The topological polar surface area (TPSA) is 61.4 Å². The van der Waals surface area contributed by atoms with E-state index in [1.165, 1.54) is 0 Å². The van der Waals surface area contributed by atoms with Crippen molar-refractivity contribution in [3.05, 3.63) is 0 Å². The standard InChI is InChI=1S/C13H29N3O2S/c1-4-13(5-2)15-19(17,18)16-9-7-8-12(11-16)10-14-6-3/h12-15H,4-11H2,1-3H3. The van der Waals surface area contributed by atoms with E-state index < -0.39 is 10.2 Å². The molecule has 0 aromatic carbocycles. The van der Waals surface area contributed by atoms with Crippen LogP contribution in [0.15, 0.2) is 0 Å². The van der Waals surface area contributed by atoms with Gasteiger partial charge in [0, 0.05) is 19.1 Å². The Labute approximate surface area is 118 Å². The molecule has 0 radical (unpaired) electrons. The zero-order valence-electron chi connectivity index (χ0n) is 12.5. The summed E-state index contributed by atoms with van der Waals surface area (Å²) in [6.07, 6.45) is 3.75. The van der Waals surface area contributed by atoms with Crippen molar-refractivity contribution in [3.8, 4) is 0 Å². The van der Waals surface area contributed by atoms with Gasteiger partial charge in [0.2, 0.25) is 0 Å². The van der Waals surface area contributed by atoms with Gasteiger partial charge in [-0.05, 0) is 44.7 Å². The fourth-order valence-corrected chi connectivity index (χ4v) is 4.18. The molecule has 5 nitrogen and oxygen atoms in total. The van der Waals surface area contributed by atoms with E-state index in [9.17, 15) is 8.42 Å². The van der Waals surface area contributed by atoms with Crippen molar-refractivity contribution in [2.45, 2.75) is 52.5 Å². The summed E-state index contributed by atoms with van der Waals surface area (Å²) in [5.74, 6) is 0.437. The zero-order chi connectivity index (χ0) is 14.3. The Kier molecular flexibility index (Phi) is 7.28. The summed E-state index contributed by atoms with van der Waals surface area (Å²) in [6.45, 7) is 9.25. The lowest BCUT2D eigenvalue weighted by Crippen LogP contribution is -2.50. The third-order valence-corrected chi connectivity index (χ3v) is 5.45. The molecule has 6 heteroatoms. The third-order valence-electron chi connectivity index (χ3n) is 3.81. The summed E-state index contributed by atoms with van der Waals surface area (Å²) < 4.78 is 29.1. The van der Waals surface area contributed by atoms with E-state index in [4.69, 9.17) is 0 Å². The lowest BCUT2D eigenvalue weighted by molar-refractivity contribution is 0.257. The van der Waals surface area contributed by atoms with Crippen molar-refractivity contribution in [1.29, 1.82) is 0 Å². The first kappa shape index (κ1) is 16.9. The highest BCUT2D eigenvalue weighted by Gasteiger charge is 2.29. The van der Waals surface area contributed by atoms with Crippen LogP contribution in [0.1, 0.15) is 46.5 Å². The van der Waals surface area contributed by atoms with E-state index in [-0.39, 0.29) is 6.04 Å². The predicted molar refractivity (Wildman–Crippen MR) is 79.3 cm³/mol. The van der Waals surface area contributed by atoms with Crippen molar-refractivity contribution in [3.63, 3.8) is 0 Å². The summed E-state index contributed by atoms with van der Waals surface area (Å²) in [7, 11) is -3.31. The van der Waals surface area contributed by atoms with Crippen molar-refractivity contribution < 1.29 is 8.42 Å². The second-order valence-corrected chi connectivity index (χ2v) is 7.01. The molecule has 1 fully saturated rings. The van der Waals surface area contributed by atoms with Gasteiger partial charge in [-0.2, -0.15) is 17.4 Å². The van der Waals surface area contributed by atoms with Crippen LogP contribution in [0.5, 0.6) is 0 Å². The van der Waals surface area contributed by atoms with Gasteiger partial charge in [0.05, 0.1) is 0 Å². The minimum Gasteiger partial charge on any atom is -0.317 e. The summed E-state index contributed by atoms with van der Waals surface area (Å²) in [5.41, 5.74) is 0. The number of hydrogen-bond acceptors (Lipinski definition) is 3. The fourth-order valence-electron chi connectivity index (χ4n) is 2.50. The van der Waals surface area contributed by atoms with Gasteiger partial charge in [-0.15, -0.1) is 0 Å². The highest BCUT2D eigenvalue weighted by molar-refractivity contribution is 7.87. The summed E-state index contributed by atoms with van der Waals surface area (Å²) in [6, 6.07) is 0.0548. The fraction of sp³-hybridized carbons (Fsp3) is 1.00. The van der Waals surface area contributed by atoms with Crippen molar-refractivity contribution in [2.24, 2.45) is 5.92 Å². The van der Waals surface area contributed by atoms with Gasteiger partial charge in [-0.1, -0.05) is 20.8 Å². The predicted octanol–water partition coefficient (Wildman–Crippen LogP) is 1.33. The highest BCUT2D eigenvalue weighted by atomic mass is 32.2. The molecule has 0 saturated carbocycles. The van der Waals surface area contributed by atoms with Gasteiger partial charge in [-0.3, -0.25) is 0 Å². The van der Waals surface area contributed by atoms with Crippen LogP contribution in [0.4, 0.5) is 0 Å². The van der Waals surface area contributed by atoms with E-state index in [0.29, 0.717) is 19.0 Å². The molecule has 1 heterocycles. The molecule has 1 rings (SSSR count). The van der Waals surface area contributed by atoms with Crippen molar-refractivity contribution in [1.82, 2.24) is 14.3 Å². The van der Waals surface area contributed by atoms with Crippen molar-refractivity contribution in [2.75, 3.05) is 26.2 Å². The molecule has 0 aliphatic carbocycles. The Balaban J connectivity index is 2.57. The van der Waals surface area contributed by atoms with Crippen LogP contribution in [0.3, 0.4) is 0 Å². The molecule has 1 saturated heterocycles. The van der Waals surface area contributed by atoms with Crippen molar-refractivity contribution >= 4 is 10.2 Å². The average molecular weight is 291 g/mol. The minimum atomic E-state index is -3.31. The molecular weight excluding hydrogens is 262 g/mol. The summed E-state index contributed by atoms with van der Waals surface area (Å²) >= 11 is 0. The van der Waals surface area contributed by atoms with E-state index in [0.717, 1.165) is 38.8 Å². The van der Waals surface area contributed by atoms with E-state index in [1.54, 1.807) is 4.31 Å². The number of piperidine rings is 1. The van der Waals surface area contributed by atoms with Crippen LogP contribution >= 0.6 is 0 Å². The maximum Gasteiger partial charge on any atom is 0.279 e. The minimum absolute atomic E-state index is 0.0548. The molecule has 1 aliphatic rings. The summed E-state index contributed by atoms with van der Waals surface area (Å²) in [5, 5.41) is 3.31. The molecule has 1 atom stereocenters. The first-order valence-electron chi connectivity index (χ1n) is 7.51. The Morgan fingerprint density at radius 1 is 1.26 bits per heavy atom. The average Bonchev–Trinajstić information content (AvgIpc) is 2.43. The molecule has 2 N–H and O–H groups in total. The van der Waals surface area contributed by atoms with E-state index in [1.807, 2.05) is 13.8 Å². The zero-order valence-corrected chi connectivity index (χ0v) is 13.3. The SMILES string of the molecule is CCNCC1CCCN(S(=O)(=O)NC(CC)CC)C1. The molecule has 114 valence electrons. The van der Waals surface area contributed by atoms with Gasteiger partial charge in [0.25, 0.3) is 10.2 Å². The maximum absolute atomic E-state index is 12.3. The number of rotatable bonds is 8. The second kappa shape index (κ2) is 8.19. The molecule has 1 aliphatic heterocycles. The lowest BCUT2D eigenvalue weighted by Gasteiger charge is -2.33.